The highest BCUT2D eigenvalue weighted by Crippen LogP contribution is 2.38. The van der Waals surface area contributed by atoms with Crippen LogP contribution in [-0.4, -0.2) is 75.8 Å². The first-order valence-electron chi connectivity index (χ1n) is 11.6. The molecule has 0 atom stereocenters. The van der Waals surface area contributed by atoms with Gasteiger partial charge in [0.05, 0.1) is 52.9 Å². The number of ether oxygens (including phenoxy) is 1. The number of fused-ring (bicyclic) bond motifs is 1. The Labute approximate surface area is 207 Å². The summed E-state index contributed by atoms with van der Waals surface area (Å²) in [6.45, 7) is 7.60. The van der Waals surface area contributed by atoms with Gasteiger partial charge in [0, 0.05) is 50.6 Å². The maximum atomic E-state index is 13.2. The van der Waals surface area contributed by atoms with Crippen LogP contribution in [0.15, 0.2) is 24.5 Å². The predicted molar refractivity (Wildman–Crippen MR) is 131 cm³/mol. The summed E-state index contributed by atoms with van der Waals surface area (Å²) in [4.78, 5) is 13.9. The third-order valence-electron chi connectivity index (χ3n) is 7.24. The lowest BCUT2D eigenvalue weighted by molar-refractivity contribution is -0.131. The Balaban J connectivity index is 1.20. The van der Waals surface area contributed by atoms with Crippen LogP contribution in [0.2, 0.25) is 10.2 Å². The Kier molecular flexibility index (Phi) is 5.55. The highest BCUT2D eigenvalue weighted by atomic mass is 35.5. The van der Waals surface area contributed by atoms with Crippen molar-refractivity contribution in [1.29, 1.82) is 0 Å². The van der Waals surface area contributed by atoms with E-state index in [-0.39, 0.29) is 11.6 Å². The van der Waals surface area contributed by atoms with E-state index >= 15 is 0 Å². The van der Waals surface area contributed by atoms with Crippen molar-refractivity contribution < 1.29 is 9.13 Å². The van der Waals surface area contributed by atoms with Gasteiger partial charge in [-0.15, -0.1) is 0 Å². The molecule has 2 aromatic heterocycles. The Bertz CT molecular complexity index is 1220. The third kappa shape index (κ3) is 3.88. The van der Waals surface area contributed by atoms with E-state index in [1.807, 2.05) is 12.1 Å². The van der Waals surface area contributed by atoms with Crippen molar-refractivity contribution in [3.8, 4) is 0 Å². The second kappa shape index (κ2) is 8.48. The van der Waals surface area contributed by atoms with Crippen molar-refractivity contribution in [2.75, 3.05) is 49.6 Å². The van der Waals surface area contributed by atoms with Gasteiger partial charge in [-0.25, -0.2) is 19.0 Å². The summed E-state index contributed by atoms with van der Waals surface area (Å²) < 4.78 is 20.3. The summed E-state index contributed by atoms with van der Waals surface area (Å²) in [6, 6.07) is 3.94. The van der Waals surface area contributed by atoms with Gasteiger partial charge >= 0.3 is 0 Å². The molecule has 6 rings (SSSR count). The molecule has 2 saturated heterocycles. The van der Waals surface area contributed by atoms with E-state index in [0.29, 0.717) is 34.7 Å². The molecule has 0 bridgehead atoms. The summed E-state index contributed by atoms with van der Waals surface area (Å²) in [5.41, 5.74) is 2.53. The summed E-state index contributed by atoms with van der Waals surface area (Å²) in [5.74, 6) is 0.418. The van der Waals surface area contributed by atoms with E-state index in [4.69, 9.17) is 32.9 Å². The first-order valence-corrected chi connectivity index (χ1v) is 12.3. The zero-order chi connectivity index (χ0) is 23.4. The number of hydrogen-bond donors (Lipinski definition) is 1. The minimum Gasteiger partial charge on any atom is -0.377 e. The van der Waals surface area contributed by atoms with Crippen LogP contribution in [0.1, 0.15) is 25.8 Å². The van der Waals surface area contributed by atoms with Gasteiger partial charge in [-0.05, 0) is 19.1 Å². The molecule has 3 aliphatic rings. The number of piperazine rings is 1. The molecule has 1 saturated carbocycles. The van der Waals surface area contributed by atoms with Crippen molar-refractivity contribution in [2.24, 2.45) is 0 Å². The van der Waals surface area contributed by atoms with Gasteiger partial charge < -0.3 is 15.0 Å². The van der Waals surface area contributed by atoms with Crippen LogP contribution < -0.4 is 10.2 Å². The van der Waals surface area contributed by atoms with Crippen LogP contribution >= 0.6 is 23.2 Å². The Morgan fingerprint density at radius 2 is 1.88 bits per heavy atom. The van der Waals surface area contributed by atoms with E-state index < -0.39 is 6.17 Å². The predicted octanol–water partition coefficient (Wildman–Crippen LogP) is 4.46. The molecule has 1 aliphatic carbocycles. The highest BCUT2D eigenvalue weighted by Gasteiger charge is 2.40. The minimum atomic E-state index is -0.773. The zero-order valence-electron chi connectivity index (χ0n) is 18.8. The fourth-order valence-corrected chi connectivity index (χ4v) is 5.51. The van der Waals surface area contributed by atoms with Crippen LogP contribution in [-0.2, 0) is 4.74 Å². The molecule has 0 radical (unpaired) electrons. The second-order valence-electron chi connectivity index (χ2n) is 9.66. The average molecular weight is 506 g/mol. The molecule has 11 heteroatoms. The Morgan fingerprint density at radius 3 is 2.56 bits per heavy atom. The first kappa shape index (κ1) is 22.3. The third-order valence-corrected chi connectivity index (χ3v) is 7.92. The van der Waals surface area contributed by atoms with Crippen LogP contribution in [0.5, 0.6) is 0 Å². The number of aromatic nitrogens is 4. The van der Waals surface area contributed by atoms with Gasteiger partial charge in [0.25, 0.3) is 0 Å². The largest absolute Gasteiger partial charge is 0.377 e. The molecule has 3 aromatic rings. The summed E-state index contributed by atoms with van der Waals surface area (Å²) >= 11 is 13.1. The van der Waals surface area contributed by atoms with Crippen LogP contribution in [0.3, 0.4) is 0 Å². The van der Waals surface area contributed by atoms with Crippen molar-refractivity contribution >= 4 is 51.4 Å². The topological polar surface area (TPSA) is 71.3 Å². The van der Waals surface area contributed by atoms with Gasteiger partial charge in [-0.1, -0.05) is 23.2 Å². The normalized spacial score (nSPS) is 24.6. The molecular weight excluding hydrogens is 480 g/mol. The number of benzene rings is 1. The molecule has 0 unspecified atom stereocenters. The van der Waals surface area contributed by atoms with Gasteiger partial charge in [-0.3, -0.25) is 4.90 Å². The van der Waals surface area contributed by atoms with Gasteiger partial charge in [0.2, 0.25) is 5.95 Å². The molecule has 0 amide bonds. The molecule has 4 heterocycles. The lowest BCUT2D eigenvalue weighted by Crippen LogP contribution is -2.64. The molecule has 2 aliphatic heterocycles. The monoisotopic (exact) mass is 505 g/mol. The van der Waals surface area contributed by atoms with Crippen molar-refractivity contribution in [2.45, 2.75) is 37.5 Å². The van der Waals surface area contributed by atoms with E-state index in [2.05, 4.69) is 32.1 Å². The number of anilines is 3. The van der Waals surface area contributed by atoms with E-state index in [1.165, 1.54) is 0 Å². The van der Waals surface area contributed by atoms with Crippen molar-refractivity contribution in [1.82, 2.24) is 24.6 Å². The summed E-state index contributed by atoms with van der Waals surface area (Å²) in [7, 11) is 0. The van der Waals surface area contributed by atoms with Crippen LogP contribution in [0.4, 0.5) is 21.7 Å². The summed E-state index contributed by atoms with van der Waals surface area (Å²) in [5, 5.41) is 9.46. The maximum Gasteiger partial charge on any atom is 0.227 e. The number of nitrogens with zero attached hydrogens (tertiary/aromatic N) is 6. The van der Waals surface area contributed by atoms with Gasteiger partial charge in [0.1, 0.15) is 6.17 Å². The molecule has 1 N–H and O–H groups in total. The Hall–Kier alpha value is -2.20. The fraction of sp³-hybridized carbons (Fsp3) is 0.522. The van der Waals surface area contributed by atoms with Gasteiger partial charge in [-0.2, -0.15) is 5.10 Å². The quantitative estimate of drug-likeness (QED) is 0.548. The standard InChI is InChI=1S/C23H26Cl2FN7O/c1-23(12-34-13-23)32-4-2-31(3-5-32)20-9-18-14(6-17(20)24)10-27-22(29-18)30-19-11-28-33(21(19)25)16-7-15(26)8-16/h6,9-11,15-16H,2-5,7-8,12-13H2,1H3,(H,27,29,30). The van der Waals surface area contributed by atoms with Crippen molar-refractivity contribution in [3.05, 3.63) is 34.7 Å². The minimum absolute atomic E-state index is 0.000133. The number of hydrogen-bond acceptors (Lipinski definition) is 7. The molecular formula is C23H26Cl2FN7O. The molecule has 3 fully saturated rings. The molecule has 0 spiro atoms. The lowest BCUT2D eigenvalue weighted by Gasteiger charge is -2.50. The van der Waals surface area contributed by atoms with E-state index in [9.17, 15) is 4.39 Å². The van der Waals surface area contributed by atoms with E-state index in [0.717, 1.165) is 56.0 Å². The first-order chi connectivity index (χ1) is 16.4. The van der Waals surface area contributed by atoms with Crippen molar-refractivity contribution in [3.63, 3.8) is 0 Å². The maximum absolute atomic E-state index is 13.2. The number of nitrogens with one attached hydrogen (secondary N) is 1. The van der Waals surface area contributed by atoms with Crippen LogP contribution in [0.25, 0.3) is 10.9 Å². The number of alkyl halides is 1. The molecule has 8 nitrogen and oxygen atoms in total. The number of halogens is 3. The number of rotatable bonds is 5. The zero-order valence-corrected chi connectivity index (χ0v) is 20.4. The lowest BCUT2D eigenvalue weighted by atomic mass is 9.91. The molecule has 34 heavy (non-hydrogen) atoms. The average Bonchev–Trinajstić information content (AvgIpc) is 3.14. The fourth-order valence-electron chi connectivity index (χ4n) is 4.94. The Morgan fingerprint density at radius 1 is 1.12 bits per heavy atom. The highest BCUT2D eigenvalue weighted by molar-refractivity contribution is 6.34. The SMILES string of the molecule is CC1(N2CCN(c3cc4nc(Nc5cnn(C6CC(F)C6)c5Cl)ncc4cc3Cl)CC2)COC1. The second-order valence-corrected chi connectivity index (χ2v) is 10.4. The van der Waals surface area contributed by atoms with E-state index in [1.54, 1.807) is 17.1 Å². The molecule has 1 aromatic carbocycles. The summed E-state index contributed by atoms with van der Waals surface area (Å²) in [6.07, 6.45) is 3.48. The van der Waals surface area contributed by atoms with Crippen LogP contribution in [0, 0.1) is 0 Å². The molecule has 180 valence electrons. The smallest absolute Gasteiger partial charge is 0.227 e. The van der Waals surface area contributed by atoms with Gasteiger partial charge in [0.15, 0.2) is 5.15 Å².